The predicted molar refractivity (Wildman–Crippen MR) is 268 cm³/mol. The third-order valence-electron chi connectivity index (χ3n) is 10.3. The molecule has 0 amide bonds. The number of nitrogens with zero attached hydrogens (tertiary/aromatic N) is 6. The fraction of sp³-hybridized carbons (Fsp3) is 0. The van der Waals surface area contributed by atoms with Crippen molar-refractivity contribution in [2.75, 3.05) is 39.1 Å². The van der Waals surface area contributed by atoms with Crippen molar-refractivity contribution in [3.8, 4) is 0 Å². The molecule has 360 valence electrons. The first-order valence-corrected chi connectivity index (χ1v) is 24.4. The number of benzene rings is 6. The Morgan fingerprint density at radius 1 is 0.451 bits per heavy atom. The van der Waals surface area contributed by atoms with Crippen LogP contribution in [0.4, 0.5) is 68.2 Å². The van der Waals surface area contributed by atoms with Crippen molar-refractivity contribution < 1.29 is 48.5 Å². The molecule has 0 atom stereocenters. The van der Waals surface area contributed by atoms with Crippen molar-refractivity contribution in [2.24, 2.45) is 30.7 Å². The summed E-state index contributed by atoms with van der Waals surface area (Å²) in [4.78, 5) is 25.1. The average molecular weight is 1020 g/mol. The molecule has 0 saturated carbocycles. The molecular formula is C44H35N13O11S3. The maximum absolute atomic E-state index is 13.7. The minimum atomic E-state index is -5.06. The van der Waals surface area contributed by atoms with E-state index >= 15 is 0 Å². The summed E-state index contributed by atoms with van der Waals surface area (Å²) in [6.45, 7) is 0. The van der Waals surface area contributed by atoms with Gasteiger partial charge < -0.3 is 28.3 Å². The lowest BCUT2D eigenvalue weighted by Crippen LogP contribution is -2.27. The Labute approximate surface area is 402 Å². The van der Waals surface area contributed by atoms with E-state index in [1.807, 2.05) is 0 Å². The first-order valence-electron chi connectivity index (χ1n) is 20.1. The van der Waals surface area contributed by atoms with Crippen LogP contribution < -0.4 is 39.1 Å². The van der Waals surface area contributed by atoms with Crippen LogP contribution >= 0.6 is 0 Å². The molecule has 71 heavy (non-hydrogen) atoms. The number of hydrogen-bond acceptors (Lipinski definition) is 21. The van der Waals surface area contributed by atoms with E-state index in [0.717, 1.165) is 18.2 Å². The molecule has 0 heterocycles. The molecule has 0 saturated heterocycles. The zero-order chi connectivity index (χ0) is 51.0. The van der Waals surface area contributed by atoms with Gasteiger partial charge in [-0.15, -0.1) is 10.2 Å². The number of ketones is 2. The van der Waals surface area contributed by atoms with Crippen LogP contribution in [0.1, 0.15) is 31.8 Å². The predicted octanol–water partition coefficient (Wildman–Crippen LogP) is 7.62. The SMILES string of the molecule is Nc1ccc(N=Nc2ccc3c(c2)C(=O)/C(=N/Nc2ccc(Nc4ccc(N/N=C5/C(=O)c6cc(N=Nc7ccc(N)cc7N)ccc6C=C5S(=O)(=O)O)cc4S(=O)(=O)O)cc2)C(S(=O)(=O)O)=C3)c(N)c1. The van der Waals surface area contributed by atoms with Gasteiger partial charge in [-0.25, -0.2) is 0 Å². The zero-order valence-electron chi connectivity index (χ0n) is 35.9. The number of nitrogen functional groups attached to an aromatic ring is 4. The summed E-state index contributed by atoms with van der Waals surface area (Å²) in [5.41, 5.74) is 29.4. The maximum atomic E-state index is 13.7. The molecule has 0 bridgehead atoms. The van der Waals surface area contributed by atoms with E-state index in [0.29, 0.717) is 17.1 Å². The Balaban J connectivity index is 0.998. The van der Waals surface area contributed by atoms with E-state index in [-0.39, 0.29) is 73.4 Å². The molecule has 27 heteroatoms. The van der Waals surface area contributed by atoms with E-state index in [2.05, 4.69) is 46.8 Å². The van der Waals surface area contributed by atoms with Crippen molar-refractivity contribution in [3.05, 3.63) is 147 Å². The van der Waals surface area contributed by atoms with Gasteiger partial charge in [-0.05, 0) is 126 Å². The lowest BCUT2D eigenvalue weighted by molar-refractivity contribution is 0.105. The van der Waals surface area contributed by atoms with Gasteiger partial charge >= 0.3 is 0 Å². The lowest BCUT2D eigenvalue weighted by Gasteiger charge is -2.17. The number of azo groups is 2. The molecule has 2 aliphatic rings. The van der Waals surface area contributed by atoms with Crippen molar-refractivity contribution >= 4 is 134 Å². The van der Waals surface area contributed by atoms with Crippen LogP contribution in [0.2, 0.25) is 0 Å². The van der Waals surface area contributed by atoms with E-state index in [1.54, 1.807) is 18.2 Å². The highest BCUT2D eigenvalue weighted by Crippen LogP contribution is 2.35. The van der Waals surface area contributed by atoms with Gasteiger partial charge in [0.1, 0.15) is 26.1 Å². The summed E-state index contributed by atoms with van der Waals surface area (Å²) < 4.78 is 105. The zero-order valence-corrected chi connectivity index (χ0v) is 38.4. The first kappa shape index (κ1) is 48.5. The number of carbonyl (C=O) groups excluding carboxylic acids is 2. The highest BCUT2D eigenvalue weighted by Gasteiger charge is 2.34. The number of carbonyl (C=O) groups is 2. The molecule has 6 aromatic rings. The summed E-state index contributed by atoms with van der Waals surface area (Å²) in [5.74, 6) is -1.85. The summed E-state index contributed by atoms with van der Waals surface area (Å²) >= 11 is 0. The summed E-state index contributed by atoms with van der Waals surface area (Å²) in [6.07, 6.45) is 2.07. The van der Waals surface area contributed by atoms with Crippen molar-refractivity contribution in [3.63, 3.8) is 0 Å². The summed E-state index contributed by atoms with van der Waals surface area (Å²) in [5, 5.41) is 27.1. The van der Waals surface area contributed by atoms with E-state index in [1.165, 1.54) is 91.0 Å². The molecule has 6 aromatic carbocycles. The van der Waals surface area contributed by atoms with Gasteiger partial charge in [-0.2, -0.15) is 45.7 Å². The number of hydrazone groups is 2. The number of nitrogens with two attached hydrogens (primary N) is 4. The Morgan fingerprint density at radius 2 is 0.887 bits per heavy atom. The van der Waals surface area contributed by atoms with Crippen LogP contribution in [0.25, 0.3) is 12.2 Å². The number of allylic oxidation sites excluding steroid dienone is 2. The molecule has 0 fully saturated rings. The Morgan fingerprint density at radius 3 is 1.32 bits per heavy atom. The van der Waals surface area contributed by atoms with Crippen LogP contribution in [0.3, 0.4) is 0 Å². The van der Waals surface area contributed by atoms with Crippen molar-refractivity contribution in [1.29, 1.82) is 0 Å². The third kappa shape index (κ3) is 10.8. The smallest absolute Gasteiger partial charge is 0.296 e. The molecule has 0 aromatic heterocycles. The second-order valence-corrected chi connectivity index (χ2v) is 19.4. The molecular weight excluding hydrogens is 983 g/mol. The van der Waals surface area contributed by atoms with Gasteiger partial charge in [-0.1, -0.05) is 12.1 Å². The van der Waals surface area contributed by atoms with Crippen LogP contribution in [-0.2, 0) is 30.4 Å². The van der Waals surface area contributed by atoms with E-state index in [4.69, 9.17) is 22.9 Å². The fourth-order valence-electron chi connectivity index (χ4n) is 6.85. The first-order chi connectivity index (χ1) is 33.5. The van der Waals surface area contributed by atoms with Crippen molar-refractivity contribution in [2.45, 2.75) is 4.90 Å². The molecule has 0 spiro atoms. The van der Waals surface area contributed by atoms with E-state index < -0.39 is 68.0 Å². The van der Waals surface area contributed by atoms with Crippen LogP contribution in [0.5, 0.6) is 0 Å². The Hall–Kier alpha value is -8.99. The van der Waals surface area contributed by atoms with Gasteiger partial charge in [0.25, 0.3) is 30.4 Å². The minimum absolute atomic E-state index is 0.00742. The molecule has 14 N–H and O–H groups in total. The second-order valence-electron chi connectivity index (χ2n) is 15.2. The largest absolute Gasteiger partial charge is 0.399 e. The van der Waals surface area contributed by atoms with Crippen molar-refractivity contribution in [1.82, 2.24) is 0 Å². The normalized spacial score (nSPS) is 15.1. The number of fused-ring (bicyclic) bond motifs is 2. The van der Waals surface area contributed by atoms with Crippen LogP contribution in [-0.4, -0.2) is 61.9 Å². The highest BCUT2D eigenvalue weighted by atomic mass is 32.2. The highest BCUT2D eigenvalue weighted by molar-refractivity contribution is 7.91. The number of hydrogen-bond donors (Lipinski definition) is 10. The fourth-order valence-corrected chi connectivity index (χ4v) is 8.84. The van der Waals surface area contributed by atoms with Gasteiger partial charge in [0.05, 0.1) is 39.8 Å². The van der Waals surface area contributed by atoms with Gasteiger partial charge in [0.15, 0.2) is 11.4 Å². The average Bonchev–Trinajstić information content (AvgIpc) is 3.30. The van der Waals surface area contributed by atoms with E-state index in [9.17, 15) is 48.5 Å². The van der Waals surface area contributed by atoms with Gasteiger partial charge in [-0.3, -0.25) is 34.1 Å². The third-order valence-corrected chi connectivity index (χ3v) is 12.9. The molecule has 8 rings (SSSR count). The molecule has 0 radical (unpaired) electrons. The number of anilines is 8. The van der Waals surface area contributed by atoms with Gasteiger partial charge in [0.2, 0.25) is 11.6 Å². The molecule has 0 aliphatic heterocycles. The number of Topliss-reactive ketones (excluding diaryl/α,β-unsaturated/α-hetero) is 2. The second kappa shape index (κ2) is 18.8. The summed E-state index contributed by atoms with van der Waals surface area (Å²) in [6, 6.07) is 26.6. The molecule has 24 nitrogen and oxygen atoms in total. The number of nitrogens with one attached hydrogen (secondary N) is 3. The monoisotopic (exact) mass is 1020 g/mol. The molecule has 0 unspecified atom stereocenters. The number of rotatable bonds is 13. The Kier molecular flexibility index (Phi) is 12.9. The van der Waals surface area contributed by atoms with Gasteiger partial charge in [0, 0.05) is 28.2 Å². The molecule has 2 aliphatic carbocycles. The topological polar surface area (TPSA) is 412 Å². The summed E-state index contributed by atoms with van der Waals surface area (Å²) in [7, 11) is -15.0. The van der Waals surface area contributed by atoms with Crippen LogP contribution in [0, 0.1) is 0 Å². The lowest BCUT2D eigenvalue weighted by atomic mass is 9.94. The maximum Gasteiger partial charge on any atom is 0.296 e. The van der Waals surface area contributed by atoms with Crippen LogP contribution in [0.15, 0.2) is 161 Å². The minimum Gasteiger partial charge on any atom is -0.399 e. The standard InChI is InChI=1S/C44H35N13O11S3/c45-24-3-12-35(33(47)17-24)54-51-28-5-1-22-15-39(70(63,64)65)41(43(58)31(22)19-28)56-50-27-9-7-26(8-10-27)49-37-14-11-30(21-38(37)69(60,61)62)53-57-42-40(71(66,67)68)16-23-2-6-29(20-32(23)44(42)59)52-55-36-13-4-25(46)18-34(36)48/h1-21,49-50,53H,45-48H2,(H,60,61,62)(H,63,64,65)(H,66,67,68)/b54-51?,55-52?,56-41+,57-42+. The quantitative estimate of drug-likeness (QED) is 0.0230. The Bertz CT molecular complexity index is 3800.